The molecule has 0 spiro atoms. The van der Waals surface area contributed by atoms with Crippen LogP contribution in [0.1, 0.15) is 5.56 Å². The Hall–Kier alpha value is -0.950. The molecule has 0 bridgehead atoms. The summed E-state index contributed by atoms with van der Waals surface area (Å²) in [5.41, 5.74) is 1.05. The zero-order valence-corrected chi connectivity index (χ0v) is 11.4. The van der Waals surface area contributed by atoms with Crippen LogP contribution in [-0.2, 0) is 30.4 Å². The minimum Gasteiger partial charge on any atom is -0.377 e. The van der Waals surface area contributed by atoms with Crippen molar-refractivity contribution in [1.29, 1.82) is 0 Å². The highest BCUT2D eigenvalue weighted by Gasteiger charge is 2.11. The molecular formula is C12H18O5S. The molecule has 0 saturated heterocycles. The lowest BCUT2D eigenvalue weighted by Crippen LogP contribution is -2.25. The molecule has 0 saturated carbocycles. The Morgan fingerprint density at radius 1 is 1.17 bits per heavy atom. The quantitative estimate of drug-likeness (QED) is 0.666. The van der Waals surface area contributed by atoms with Crippen LogP contribution in [0.2, 0.25) is 0 Å². The van der Waals surface area contributed by atoms with E-state index in [0.717, 1.165) is 11.8 Å². The predicted molar refractivity (Wildman–Crippen MR) is 67.7 cm³/mol. The van der Waals surface area contributed by atoms with Crippen molar-refractivity contribution in [3.05, 3.63) is 35.9 Å². The van der Waals surface area contributed by atoms with Gasteiger partial charge in [0.1, 0.15) is 6.10 Å². The highest BCUT2D eigenvalue weighted by molar-refractivity contribution is 7.85. The van der Waals surface area contributed by atoms with Gasteiger partial charge >= 0.3 is 0 Å². The number of hydrogen-bond acceptors (Lipinski definition) is 5. The van der Waals surface area contributed by atoms with Gasteiger partial charge in [0.2, 0.25) is 0 Å². The van der Waals surface area contributed by atoms with Crippen LogP contribution >= 0.6 is 0 Å². The lowest BCUT2D eigenvalue weighted by Gasteiger charge is -2.14. The second kappa shape index (κ2) is 7.48. The fourth-order valence-corrected chi connectivity index (χ4v) is 1.67. The van der Waals surface area contributed by atoms with Gasteiger partial charge in [-0.25, -0.2) is 0 Å². The standard InChI is InChI=1S/C12H18O5S/c1-15-12(10-17-18(2,13)14)9-16-8-11-6-4-3-5-7-11/h3-7,12H,8-10H2,1-2H3. The molecule has 1 unspecified atom stereocenters. The number of hydrogen-bond donors (Lipinski definition) is 0. The fraction of sp³-hybridized carbons (Fsp3) is 0.500. The van der Waals surface area contributed by atoms with Crippen LogP contribution in [0.15, 0.2) is 30.3 Å². The van der Waals surface area contributed by atoms with Crippen molar-refractivity contribution < 1.29 is 22.1 Å². The van der Waals surface area contributed by atoms with Gasteiger partial charge in [-0.3, -0.25) is 4.18 Å². The van der Waals surface area contributed by atoms with E-state index in [-0.39, 0.29) is 13.2 Å². The molecule has 0 aliphatic rings. The normalized spacial score (nSPS) is 13.4. The van der Waals surface area contributed by atoms with Gasteiger partial charge < -0.3 is 9.47 Å². The summed E-state index contributed by atoms with van der Waals surface area (Å²) in [5, 5.41) is 0. The van der Waals surface area contributed by atoms with Crippen molar-refractivity contribution in [2.75, 3.05) is 26.6 Å². The van der Waals surface area contributed by atoms with Gasteiger partial charge in [-0.05, 0) is 5.56 Å². The number of benzene rings is 1. The molecule has 102 valence electrons. The third kappa shape index (κ3) is 6.70. The first-order valence-corrected chi connectivity index (χ1v) is 7.32. The highest BCUT2D eigenvalue weighted by Crippen LogP contribution is 2.03. The van der Waals surface area contributed by atoms with Crippen molar-refractivity contribution in [3.63, 3.8) is 0 Å². The maximum Gasteiger partial charge on any atom is 0.264 e. The SMILES string of the molecule is COC(COCc1ccccc1)COS(C)(=O)=O. The van der Waals surface area contributed by atoms with Crippen LogP contribution < -0.4 is 0 Å². The molecule has 6 heteroatoms. The molecule has 0 aliphatic heterocycles. The Balaban J connectivity index is 2.27. The van der Waals surface area contributed by atoms with Crippen LogP contribution in [0.25, 0.3) is 0 Å². The molecule has 0 amide bonds. The second-order valence-corrected chi connectivity index (χ2v) is 5.49. The molecule has 0 N–H and O–H groups in total. The van der Waals surface area contributed by atoms with Gasteiger partial charge in [0.15, 0.2) is 0 Å². The first-order valence-electron chi connectivity index (χ1n) is 5.50. The molecule has 1 aromatic rings. The average molecular weight is 274 g/mol. The predicted octanol–water partition coefficient (Wildman–Crippen LogP) is 1.19. The third-order valence-corrected chi connectivity index (χ3v) is 2.78. The third-order valence-electron chi connectivity index (χ3n) is 2.22. The van der Waals surface area contributed by atoms with Crippen LogP contribution in [0.4, 0.5) is 0 Å². The van der Waals surface area contributed by atoms with Crippen molar-refractivity contribution >= 4 is 10.1 Å². The molecule has 0 fully saturated rings. The van der Waals surface area contributed by atoms with Crippen LogP contribution in [0, 0.1) is 0 Å². The Morgan fingerprint density at radius 3 is 2.39 bits per heavy atom. The summed E-state index contributed by atoms with van der Waals surface area (Å²) in [7, 11) is -1.95. The van der Waals surface area contributed by atoms with Gasteiger partial charge in [0, 0.05) is 7.11 Å². The summed E-state index contributed by atoms with van der Waals surface area (Å²) in [6.45, 7) is 0.699. The van der Waals surface area contributed by atoms with Gasteiger partial charge in [0.05, 0.1) is 26.1 Å². The molecule has 5 nitrogen and oxygen atoms in total. The Labute approximate surface area is 108 Å². The topological polar surface area (TPSA) is 61.8 Å². The van der Waals surface area contributed by atoms with Gasteiger partial charge in [-0.1, -0.05) is 30.3 Å². The molecule has 1 atom stereocenters. The molecule has 1 rings (SSSR count). The second-order valence-electron chi connectivity index (χ2n) is 3.85. The summed E-state index contributed by atoms with van der Waals surface area (Å²) < 4.78 is 36.8. The van der Waals surface area contributed by atoms with Crippen LogP contribution in [0.5, 0.6) is 0 Å². The summed E-state index contributed by atoms with van der Waals surface area (Å²) in [6, 6.07) is 9.70. The minimum atomic E-state index is -3.44. The molecular weight excluding hydrogens is 256 g/mol. The molecule has 0 heterocycles. The van der Waals surface area contributed by atoms with Crippen LogP contribution in [-0.4, -0.2) is 41.1 Å². The lowest BCUT2D eigenvalue weighted by molar-refractivity contribution is -0.0184. The first kappa shape index (κ1) is 15.1. The highest BCUT2D eigenvalue weighted by atomic mass is 32.2. The van der Waals surface area contributed by atoms with E-state index in [1.807, 2.05) is 30.3 Å². The number of ether oxygens (including phenoxy) is 2. The monoisotopic (exact) mass is 274 g/mol. The molecule has 18 heavy (non-hydrogen) atoms. The number of methoxy groups -OCH3 is 1. The lowest BCUT2D eigenvalue weighted by atomic mass is 10.2. The van der Waals surface area contributed by atoms with E-state index in [9.17, 15) is 8.42 Å². The summed E-state index contributed by atoms with van der Waals surface area (Å²) >= 11 is 0. The summed E-state index contributed by atoms with van der Waals surface area (Å²) in [4.78, 5) is 0. The first-order chi connectivity index (χ1) is 8.51. The van der Waals surface area contributed by atoms with Gasteiger partial charge in [-0.2, -0.15) is 8.42 Å². The minimum absolute atomic E-state index is 0.0376. The van der Waals surface area contributed by atoms with E-state index < -0.39 is 16.2 Å². The van der Waals surface area contributed by atoms with E-state index in [1.165, 1.54) is 7.11 Å². The van der Waals surface area contributed by atoms with Gasteiger partial charge in [0.25, 0.3) is 10.1 Å². The van der Waals surface area contributed by atoms with E-state index in [0.29, 0.717) is 6.61 Å². The maximum atomic E-state index is 10.8. The van der Waals surface area contributed by atoms with E-state index in [2.05, 4.69) is 4.18 Å². The largest absolute Gasteiger partial charge is 0.377 e. The van der Waals surface area contributed by atoms with E-state index in [4.69, 9.17) is 9.47 Å². The van der Waals surface area contributed by atoms with Crippen LogP contribution in [0.3, 0.4) is 0 Å². The van der Waals surface area contributed by atoms with Crippen molar-refractivity contribution in [2.24, 2.45) is 0 Å². The Bertz CT molecular complexity index is 429. The Kier molecular flexibility index (Phi) is 6.28. The zero-order valence-electron chi connectivity index (χ0n) is 10.5. The summed E-state index contributed by atoms with van der Waals surface area (Å²) in [6.07, 6.45) is 0.605. The smallest absolute Gasteiger partial charge is 0.264 e. The molecule has 0 radical (unpaired) electrons. The Morgan fingerprint density at radius 2 is 1.83 bits per heavy atom. The van der Waals surface area contributed by atoms with Crippen molar-refractivity contribution in [3.8, 4) is 0 Å². The molecule has 1 aromatic carbocycles. The molecule has 0 aliphatic carbocycles. The van der Waals surface area contributed by atoms with E-state index >= 15 is 0 Å². The fourth-order valence-electron chi connectivity index (χ4n) is 1.27. The van der Waals surface area contributed by atoms with Crippen molar-refractivity contribution in [2.45, 2.75) is 12.7 Å². The molecule has 0 aromatic heterocycles. The average Bonchev–Trinajstić information content (AvgIpc) is 2.33. The number of rotatable bonds is 8. The van der Waals surface area contributed by atoms with E-state index in [1.54, 1.807) is 0 Å². The van der Waals surface area contributed by atoms with Gasteiger partial charge in [-0.15, -0.1) is 0 Å². The zero-order chi connectivity index (χ0) is 13.4. The van der Waals surface area contributed by atoms with Crippen molar-refractivity contribution in [1.82, 2.24) is 0 Å². The summed E-state index contributed by atoms with van der Waals surface area (Å²) in [5.74, 6) is 0. The maximum absolute atomic E-state index is 10.8.